The highest BCUT2D eigenvalue weighted by molar-refractivity contribution is 5.88. The van der Waals surface area contributed by atoms with Gasteiger partial charge in [0.1, 0.15) is 12.4 Å². The molecular weight excluding hydrogens is 262 g/mol. The molecule has 0 aliphatic heterocycles. The molecule has 0 spiro atoms. The summed E-state index contributed by atoms with van der Waals surface area (Å²) >= 11 is 0. The Labute approximate surface area is 115 Å². The van der Waals surface area contributed by atoms with E-state index in [9.17, 15) is 9.59 Å². The quantitative estimate of drug-likeness (QED) is 0.875. The molecule has 0 radical (unpaired) electrons. The van der Waals surface area contributed by atoms with Crippen LogP contribution in [0.4, 0.5) is 5.69 Å². The highest BCUT2D eigenvalue weighted by atomic mass is 16.5. The smallest absolute Gasteiger partial charge is 0.372 e. The van der Waals surface area contributed by atoms with Gasteiger partial charge in [0.15, 0.2) is 0 Å². The molecule has 2 rings (SSSR count). The van der Waals surface area contributed by atoms with Crippen LogP contribution in [0.1, 0.15) is 23.0 Å². The van der Waals surface area contributed by atoms with E-state index in [0.717, 1.165) is 0 Å². The van der Waals surface area contributed by atoms with Gasteiger partial charge in [0.2, 0.25) is 11.7 Å². The minimum Gasteiger partial charge on any atom is -0.489 e. The lowest BCUT2D eigenvalue weighted by Crippen LogP contribution is -2.05. The van der Waals surface area contributed by atoms with Crippen LogP contribution in [0.5, 0.6) is 5.75 Å². The van der Waals surface area contributed by atoms with Crippen LogP contribution in [-0.4, -0.2) is 17.0 Å². The maximum absolute atomic E-state index is 10.9. The number of aromatic carboxylic acids is 1. The molecule has 104 valence electrons. The van der Waals surface area contributed by atoms with Gasteiger partial charge in [0.25, 0.3) is 0 Å². The molecule has 0 saturated heterocycles. The third-order valence-electron chi connectivity index (χ3n) is 2.51. The van der Waals surface area contributed by atoms with Crippen molar-refractivity contribution < 1.29 is 23.8 Å². The Balaban J connectivity index is 1.98. The molecule has 20 heavy (non-hydrogen) atoms. The largest absolute Gasteiger partial charge is 0.489 e. The number of carboxylic acids is 1. The second-order valence-corrected chi connectivity index (χ2v) is 4.07. The van der Waals surface area contributed by atoms with Gasteiger partial charge >= 0.3 is 5.97 Å². The Morgan fingerprint density at radius 3 is 2.55 bits per heavy atom. The minimum absolute atomic E-state index is 0.0949. The molecular formula is C14H13NO5. The number of carbonyl (C=O) groups is 2. The zero-order valence-electron chi connectivity index (χ0n) is 10.8. The number of hydrogen-bond acceptors (Lipinski definition) is 4. The fraction of sp³-hybridized carbons (Fsp3) is 0.143. The van der Waals surface area contributed by atoms with Gasteiger partial charge in [0.05, 0.1) is 6.26 Å². The van der Waals surface area contributed by atoms with Crippen LogP contribution < -0.4 is 10.1 Å². The fourth-order valence-electron chi connectivity index (χ4n) is 1.64. The summed E-state index contributed by atoms with van der Waals surface area (Å²) in [5.41, 5.74) is 1.13. The molecule has 2 N–H and O–H groups in total. The predicted molar refractivity (Wildman–Crippen MR) is 70.7 cm³/mol. The first-order chi connectivity index (χ1) is 9.56. The van der Waals surface area contributed by atoms with Crippen LogP contribution in [0, 0.1) is 0 Å². The Hall–Kier alpha value is -2.76. The van der Waals surface area contributed by atoms with E-state index in [4.69, 9.17) is 14.3 Å². The van der Waals surface area contributed by atoms with Gasteiger partial charge in [0, 0.05) is 18.2 Å². The molecule has 0 fully saturated rings. The highest BCUT2D eigenvalue weighted by Crippen LogP contribution is 2.18. The zero-order chi connectivity index (χ0) is 14.5. The molecule has 1 heterocycles. The van der Waals surface area contributed by atoms with Crippen molar-refractivity contribution in [2.45, 2.75) is 13.5 Å². The maximum Gasteiger partial charge on any atom is 0.372 e. The van der Waals surface area contributed by atoms with Gasteiger partial charge in [-0.15, -0.1) is 0 Å². The number of amides is 1. The number of carbonyl (C=O) groups excluding carboxylic acids is 1. The van der Waals surface area contributed by atoms with Crippen molar-refractivity contribution in [1.82, 2.24) is 0 Å². The van der Waals surface area contributed by atoms with Crippen molar-refractivity contribution in [3.05, 3.63) is 47.9 Å². The Morgan fingerprint density at radius 1 is 1.25 bits per heavy atom. The maximum atomic E-state index is 10.9. The van der Waals surface area contributed by atoms with E-state index in [1.807, 2.05) is 0 Å². The normalized spacial score (nSPS) is 10.1. The van der Waals surface area contributed by atoms with Crippen LogP contribution in [0.25, 0.3) is 0 Å². The minimum atomic E-state index is -1.13. The van der Waals surface area contributed by atoms with E-state index in [2.05, 4.69) is 5.32 Å². The molecule has 0 atom stereocenters. The molecule has 0 aliphatic rings. The summed E-state index contributed by atoms with van der Waals surface area (Å²) in [6.07, 6.45) is 1.31. The molecule has 6 heteroatoms. The SMILES string of the molecule is CC(=O)Nc1ccc(OCc2ccoc2C(=O)O)cc1. The van der Waals surface area contributed by atoms with Gasteiger partial charge in [-0.05, 0) is 30.3 Å². The van der Waals surface area contributed by atoms with Crippen LogP contribution in [0.2, 0.25) is 0 Å². The Kier molecular flexibility index (Phi) is 4.05. The van der Waals surface area contributed by atoms with E-state index in [1.54, 1.807) is 30.3 Å². The van der Waals surface area contributed by atoms with Crippen molar-refractivity contribution in [2.24, 2.45) is 0 Å². The molecule has 1 aromatic carbocycles. The molecule has 1 amide bonds. The standard InChI is InChI=1S/C14H13NO5/c1-9(16)15-11-2-4-12(5-3-11)20-8-10-6-7-19-13(10)14(17)18/h2-7H,8H2,1H3,(H,15,16)(H,17,18). The summed E-state index contributed by atoms with van der Waals surface area (Å²) in [5.74, 6) is -0.839. The number of carboxylic acid groups (broad SMARTS) is 1. The molecule has 0 aliphatic carbocycles. The molecule has 0 unspecified atom stereocenters. The fourth-order valence-corrected chi connectivity index (χ4v) is 1.64. The van der Waals surface area contributed by atoms with Gasteiger partial charge in [-0.2, -0.15) is 0 Å². The van der Waals surface area contributed by atoms with Gasteiger partial charge in [-0.3, -0.25) is 4.79 Å². The van der Waals surface area contributed by atoms with Crippen LogP contribution in [0.3, 0.4) is 0 Å². The third-order valence-corrected chi connectivity index (χ3v) is 2.51. The first-order valence-electron chi connectivity index (χ1n) is 5.86. The van der Waals surface area contributed by atoms with E-state index >= 15 is 0 Å². The monoisotopic (exact) mass is 275 g/mol. The summed E-state index contributed by atoms with van der Waals surface area (Å²) in [5, 5.41) is 11.5. The lowest BCUT2D eigenvalue weighted by Gasteiger charge is -2.07. The first kappa shape index (κ1) is 13.7. The zero-order valence-corrected chi connectivity index (χ0v) is 10.8. The summed E-state index contributed by atoms with van der Waals surface area (Å²) in [4.78, 5) is 21.7. The number of furan rings is 1. The van der Waals surface area contributed by atoms with E-state index < -0.39 is 5.97 Å². The number of ether oxygens (including phenoxy) is 1. The summed E-state index contributed by atoms with van der Waals surface area (Å²) < 4.78 is 10.3. The van der Waals surface area contributed by atoms with Gasteiger partial charge < -0.3 is 19.6 Å². The Morgan fingerprint density at radius 2 is 1.95 bits per heavy atom. The molecule has 6 nitrogen and oxygen atoms in total. The second-order valence-electron chi connectivity index (χ2n) is 4.07. The number of anilines is 1. The van der Waals surface area contributed by atoms with E-state index in [0.29, 0.717) is 17.0 Å². The van der Waals surface area contributed by atoms with Crippen molar-refractivity contribution in [2.75, 3.05) is 5.32 Å². The number of benzene rings is 1. The predicted octanol–water partition coefficient (Wildman–Crippen LogP) is 2.52. The van der Waals surface area contributed by atoms with Crippen molar-refractivity contribution >= 4 is 17.6 Å². The summed E-state index contributed by atoms with van der Waals surface area (Å²) in [7, 11) is 0. The third kappa shape index (κ3) is 3.38. The summed E-state index contributed by atoms with van der Waals surface area (Å²) in [6.45, 7) is 1.52. The van der Waals surface area contributed by atoms with E-state index in [1.165, 1.54) is 13.2 Å². The average Bonchev–Trinajstić information content (AvgIpc) is 2.86. The lowest BCUT2D eigenvalue weighted by molar-refractivity contribution is -0.114. The van der Waals surface area contributed by atoms with Crippen LogP contribution in [-0.2, 0) is 11.4 Å². The lowest BCUT2D eigenvalue weighted by atomic mass is 10.2. The Bertz CT molecular complexity index is 615. The first-order valence-corrected chi connectivity index (χ1v) is 5.86. The summed E-state index contributed by atoms with van der Waals surface area (Å²) in [6, 6.07) is 8.32. The van der Waals surface area contributed by atoms with Gasteiger partial charge in [-0.25, -0.2) is 4.79 Å². The van der Waals surface area contributed by atoms with Crippen LogP contribution >= 0.6 is 0 Å². The van der Waals surface area contributed by atoms with Gasteiger partial charge in [-0.1, -0.05) is 0 Å². The van der Waals surface area contributed by atoms with Crippen molar-refractivity contribution in [3.63, 3.8) is 0 Å². The molecule has 2 aromatic rings. The van der Waals surface area contributed by atoms with Crippen molar-refractivity contribution in [3.8, 4) is 5.75 Å². The molecule has 1 aromatic heterocycles. The number of nitrogens with one attached hydrogen (secondary N) is 1. The number of rotatable bonds is 5. The average molecular weight is 275 g/mol. The second kappa shape index (κ2) is 5.92. The molecule has 0 bridgehead atoms. The van der Waals surface area contributed by atoms with E-state index in [-0.39, 0.29) is 18.3 Å². The highest BCUT2D eigenvalue weighted by Gasteiger charge is 2.14. The van der Waals surface area contributed by atoms with Crippen LogP contribution in [0.15, 0.2) is 41.0 Å². The topological polar surface area (TPSA) is 88.8 Å². The number of hydrogen-bond donors (Lipinski definition) is 2. The molecule has 0 saturated carbocycles. The van der Waals surface area contributed by atoms with Crippen molar-refractivity contribution in [1.29, 1.82) is 0 Å².